The van der Waals surface area contributed by atoms with Gasteiger partial charge in [-0.15, -0.1) is 0 Å². The molecule has 1 fully saturated rings. The molecule has 0 aromatic heterocycles. The van der Waals surface area contributed by atoms with E-state index in [9.17, 15) is 0 Å². The van der Waals surface area contributed by atoms with Gasteiger partial charge in [0.25, 0.3) is 0 Å². The van der Waals surface area contributed by atoms with Crippen molar-refractivity contribution >= 4 is 5.69 Å². The van der Waals surface area contributed by atoms with Gasteiger partial charge in [0.2, 0.25) is 0 Å². The Labute approximate surface area is 138 Å². The third-order valence-electron chi connectivity index (χ3n) is 4.33. The zero-order chi connectivity index (χ0) is 16.1. The normalized spacial score (nSPS) is 17.2. The minimum atomic E-state index is 0.264. The predicted molar refractivity (Wildman–Crippen MR) is 94.2 cm³/mol. The second-order valence-electron chi connectivity index (χ2n) is 6.21. The molecule has 3 heteroatoms. The quantitative estimate of drug-likeness (QED) is 0.853. The van der Waals surface area contributed by atoms with Crippen LogP contribution in [0.1, 0.15) is 29.5 Å². The number of nitrogens with one attached hydrogen (secondary N) is 1. The average molecular weight is 311 g/mol. The number of hydrogen-bond donors (Lipinski definition) is 1. The highest BCUT2D eigenvalue weighted by Crippen LogP contribution is 2.21. The molecule has 1 N–H and O–H groups in total. The standard InChI is InChI=1S/C20H25NO2/c1-15-5-3-6-16(2)20(15)21-13-17-8-10-18(11-9-17)23-14-19-7-4-12-22-19/h3,5-6,8-11,19,21H,4,7,12-14H2,1-2H3. The molecule has 0 saturated carbocycles. The van der Waals surface area contributed by atoms with Crippen molar-refractivity contribution in [3.8, 4) is 5.75 Å². The Bertz CT molecular complexity index is 610. The van der Waals surface area contributed by atoms with Crippen LogP contribution in [0, 0.1) is 13.8 Å². The summed E-state index contributed by atoms with van der Waals surface area (Å²) in [5.41, 5.74) is 5.03. The van der Waals surface area contributed by atoms with Crippen LogP contribution in [-0.4, -0.2) is 19.3 Å². The highest BCUT2D eigenvalue weighted by atomic mass is 16.5. The van der Waals surface area contributed by atoms with E-state index in [1.165, 1.54) is 22.4 Å². The summed E-state index contributed by atoms with van der Waals surface area (Å²) in [5, 5.41) is 3.53. The van der Waals surface area contributed by atoms with E-state index < -0.39 is 0 Å². The third-order valence-corrected chi connectivity index (χ3v) is 4.33. The molecular formula is C20H25NO2. The van der Waals surface area contributed by atoms with E-state index in [4.69, 9.17) is 9.47 Å². The molecule has 0 bridgehead atoms. The summed E-state index contributed by atoms with van der Waals surface area (Å²) in [4.78, 5) is 0. The molecule has 3 nitrogen and oxygen atoms in total. The minimum Gasteiger partial charge on any atom is -0.491 e. The van der Waals surface area contributed by atoms with Crippen molar-refractivity contribution in [1.82, 2.24) is 0 Å². The highest BCUT2D eigenvalue weighted by Gasteiger charge is 2.15. The number of para-hydroxylation sites is 1. The number of ether oxygens (including phenoxy) is 2. The Morgan fingerprint density at radius 2 is 1.83 bits per heavy atom. The van der Waals surface area contributed by atoms with Gasteiger partial charge in [-0.3, -0.25) is 0 Å². The van der Waals surface area contributed by atoms with Gasteiger partial charge in [-0.05, 0) is 55.5 Å². The highest BCUT2D eigenvalue weighted by molar-refractivity contribution is 5.56. The van der Waals surface area contributed by atoms with Crippen LogP contribution in [0.2, 0.25) is 0 Å². The van der Waals surface area contributed by atoms with Crippen LogP contribution < -0.4 is 10.1 Å². The zero-order valence-electron chi connectivity index (χ0n) is 14.0. The van der Waals surface area contributed by atoms with Crippen molar-refractivity contribution in [2.24, 2.45) is 0 Å². The van der Waals surface area contributed by atoms with E-state index in [1.807, 2.05) is 12.1 Å². The summed E-state index contributed by atoms with van der Waals surface area (Å²) in [6.45, 7) is 6.61. The fourth-order valence-electron chi connectivity index (χ4n) is 2.95. The molecular weight excluding hydrogens is 286 g/mol. The fourth-order valence-corrected chi connectivity index (χ4v) is 2.95. The first-order valence-electron chi connectivity index (χ1n) is 8.36. The van der Waals surface area contributed by atoms with Crippen LogP contribution in [-0.2, 0) is 11.3 Å². The van der Waals surface area contributed by atoms with Crippen molar-refractivity contribution in [2.75, 3.05) is 18.5 Å². The van der Waals surface area contributed by atoms with Crippen LogP contribution in [0.15, 0.2) is 42.5 Å². The van der Waals surface area contributed by atoms with Crippen LogP contribution in [0.3, 0.4) is 0 Å². The SMILES string of the molecule is Cc1cccc(C)c1NCc1ccc(OCC2CCCO2)cc1. The summed E-state index contributed by atoms with van der Waals surface area (Å²) in [5.74, 6) is 0.913. The molecule has 0 aliphatic carbocycles. The number of rotatable bonds is 6. The fraction of sp³-hybridized carbons (Fsp3) is 0.400. The Kier molecular flexibility index (Phi) is 5.19. The lowest BCUT2D eigenvalue weighted by Gasteiger charge is -2.14. The van der Waals surface area contributed by atoms with E-state index >= 15 is 0 Å². The Morgan fingerprint density at radius 3 is 2.48 bits per heavy atom. The van der Waals surface area contributed by atoms with Gasteiger partial charge in [0, 0.05) is 18.8 Å². The van der Waals surface area contributed by atoms with Gasteiger partial charge >= 0.3 is 0 Å². The lowest BCUT2D eigenvalue weighted by molar-refractivity contribution is 0.0679. The van der Waals surface area contributed by atoms with Crippen LogP contribution in [0.25, 0.3) is 0 Å². The van der Waals surface area contributed by atoms with Crippen molar-refractivity contribution in [1.29, 1.82) is 0 Å². The van der Waals surface area contributed by atoms with Crippen molar-refractivity contribution in [3.05, 3.63) is 59.2 Å². The van der Waals surface area contributed by atoms with Crippen molar-refractivity contribution in [3.63, 3.8) is 0 Å². The summed E-state index contributed by atoms with van der Waals surface area (Å²) in [7, 11) is 0. The largest absolute Gasteiger partial charge is 0.491 e. The molecule has 0 radical (unpaired) electrons. The molecule has 2 aromatic rings. The molecule has 1 saturated heterocycles. The van der Waals surface area contributed by atoms with E-state index in [0.717, 1.165) is 31.7 Å². The third kappa shape index (κ3) is 4.26. The van der Waals surface area contributed by atoms with E-state index in [2.05, 4.69) is 49.5 Å². The Hall–Kier alpha value is -2.00. The molecule has 2 aromatic carbocycles. The van der Waals surface area contributed by atoms with Gasteiger partial charge in [-0.25, -0.2) is 0 Å². The van der Waals surface area contributed by atoms with E-state index in [0.29, 0.717) is 6.61 Å². The van der Waals surface area contributed by atoms with E-state index in [1.54, 1.807) is 0 Å². The smallest absolute Gasteiger partial charge is 0.119 e. The summed E-state index contributed by atoms with van der Waals surface area (Å²) in [6, 6.07) is 14.7. The summed E-state index contributed by atoms with van der Waals surface area (Å²) >= 11 is 0. The van der Waals surface area contributed by atoms with Crippen molar-refractivity contribution < 1.29 is 9.47 Å². The topological polar surface area (TPSA) is 30.5 Å². The minimum absolute atomic E-state index is 0.264. The van der Waals surface area contributed by atoms with Gasteiger partial charge in [0.1, 0.15) is 12.4 Å². The molecule has 1 atom stereocenters. The van der Waals surface area contributed by atoms with Gasteiger partial charge < -0.3 is 14.8 Å². The molecule has 1 aliphatic heterocycles. The maximum Gasteiger partial charge on any atom is 0.119 e. The van der Waals surface area contributed by atoms with Gasteiger partial charge in [-0.1, -0.05) is 30.3 Å². The molecule has 0 spiro atoms. The number of hydrogen-bond acceptors (Lipinski definition) is 3. The number of aryl methyl sites for hydroxylation is 2. The maximum absolute atomic E-state index is 5.80. The first-order valence-corrected chi connectivity index (χ1v) is 8.36. The van der Waals surface area contributed by atoms with Gasteiger partial charge in [0.05, 0.1) is 6.10 Å². The number of anilines is 1. The second-order valence-corrected chi connectivity index (χ2v) is 6.21. The molecule has 0 amide bonds. The van der Waals surface area contributed by atoms with Crippen molar-refractivity contribution in [2.45, 2.75) is 39.3 Å². The lowest BCUT2D eigenvalue weighted by atomic mass is 10.1. The predicted octanol–water partition coefficient (Wildman–Crippen LogP) is 4.47. The lowest BCUT2D eigenvalue weighted by Crippen LogP contribution is -2.16. The summed E-state index contributed by atoms with van der Waals surface area (Å²) < 4.78 is 11.4. The Balaban J connectivity index is 1.53. The number of benzene rings is 2. The molecule has 1 unspecified atom stereocenters. The molecule has 3 rings (SSSR count). The van der Waals surface area contributed by atoms with Crippen LogP contribution >= 0.6 is 0 Å². The average Bonchev–Trinajstić information content (AvgIpc) is 3.07. The molecule has 122 valence electrons. The molecule has 1 heterocycles. The maximum atomic E-state index is 5.80. The monoisotopic (exact) mass is 311 g/mol. The van der Waals surface area contributed by atoms with E-state index in [-0.39, 0.29) is 6.10 Å². The Morgan fingerprint density at radius 1 is 1.09 bits per heavy atom. The van der Waals surface area contributed by atoms with Gasteiger partial charge in [-0.2, -0.15) is 0 Å². The first-order chi connectivity index (χ1) is 11.2. The zero-order valence-corrected chi connectivity index (χ0v) is 14.0. The molecule has 1 aliphatic rings. The second kappa shape index (κ2) is 7.51. The van der Waals surface area contributed by atoms with Crippen LogP contribution in [0.4, 0.5) is 5.69 Å². The molecule has 23 heavy (non-hydrogen) atoms. The first kappa shape index (κ1) is 15.9. The van der Waals surface area contributed by atoms with Gasteiger partial charge in [0.15, 0.2) is 0 Å². The van der Waals surface area contributed by atoms with Crippen LogP contribution in [0.5, 0.6) is 5.75 Å². The summed E-state index contributed by atoms with van der Waals surface area (Å²) in [6.07, 6.45) is 2.52.